The van der Waals surface area contributed by atoms with Crippen molar-refractivity contribution in [2.24, 2.45) is 35.3 Å². The molecule has 0 aromatic heterocycles. The van der Waals surface area contributed by atoms with Gasteiger partial charge in [0.05, 0.1) is 11.8 Å². The van der Waals surface area contributed by atoms with E-state index in [2.05, 4.69) is 5.32 Å². The lowest BCUT2D eigenvalue weighted by atomic mass is 9.83. The minimum Gasteiger partial charge on any atom is -0.481 e. The van der Waals surface area contributed by atoms with Gasteiger partial charge in [0.15, 0.2) is 0 Å². The number of fused-ring (bicyclic) bond motifs is 2. The van der Waals surface area contributed by atoms with Crippen LogP contribution >= 0.6 is 0 Å². The highest BCUT2D eigenvalue weighted by Crippen LogP contribution is 2.48. The fraction of sp³-hybridized carbons (Fsp3) is 0.857. The number of amides is 1. The number of carboxylic acid groups (broad SMARTS) is 1. The summed E-state index contributed by atoms with van der Waals surface area (Å²) in [5, 5.41) is 12.3. The minimum absolute atomic E-state index is 0.0821. The molecule has 1 amide bonds. The van der Waals surface area contributed by atoms with Gasteiger partial charge in [-0.05, 0) is 37.0 Å². The van der Waals surface area contributed by atoms with E-state index in [9.17, 15) is 14.7 Å². The maximum Gasteiger partial charge on any atom is 0.308 e. The Balaban J connectivity index is 2.05. The number of aliphatic carboxylic acids is 1. The van der Waals surface area contributed by atoms with Crippen LogP contribution in [0.1, 0.15) is 33.1 Å². The molecule has 0 spiro atoms. The second kappa shape index (κ2) is 5.49. The lowest BCUT2D eigenvalue weighted by Gasteiger charge is -2.31. The number of hydrogen-bond donors (Lipinski definition) is 3. The molecule has 0 aromatic carbocycles. The van der Waals surface area contributed by atoms with E-state index >= 15 is 0 Å². The number of carbonyl (C=O) groups excluding carboxylic acids is 1. The lowest BCUT2D eigenvalue weighted by molar-refractivity contribution is -0.145. The Morgan fingerprint density at radius 3 is 2.47 bits per heavy atom. The van der Waals surface area contributed by atoms with Crippen molar-refractivity contribution >= 4 is 11.9 Å². The summed E-state index contributed by atoms with van der Waals surface area (Å²) in [5.41, 5.74) is 5.64. The number of rotatable bonds is 5. The number of carbonyl (C=O) groups is 2. The van der Waals surface area contributed by atoms with Crippen LogP contribution in [0, 0.1) is 29.6 Å². The van der Waals surface area contributed by atoms with E-state index in [-0.39, 0.29) is 29.7 Å². The Labute approximate surface area is 113 Å². The molecular formula is C14H24N2O3. The van der Waals surface area contributed by atoms with Gasteiger partial charge < -0.3 is 16.2 Å². The molecule has 2 bridgehead atoms. The molecule has 19 heavy (non-hydrogen) atoms. The summed E-state index contributed by atoms with van der Waals surface area (Å²) in [7, 11) is 0. The Morgan fingerprint density at radius 2 is 1.95 bits per heavy atom. The van der Waals surface area contributed by atoms with Gasteiger partial charge in [-0.15, -0.1) is 0 Å². The smallest absolute Gasteiger partial charge is 0.308 e. The SMILES string of the molecule is CC(C)C(CN)C(=O)NC1C2CCC(C2)C1C(=O)O. The van der Waals surface area contributed by atoms with E-state index in [1.54, 1.807) is 0 Å². The highest BCUT2D eigenvalue weighted by molar-refractivity contribution is 5.81. The van der Waals surface area contributed by atoms with Crippen molar-refractivity contribution in [2.75, 3.05) is 6.54 Å². The molecule has 5 heteroatoms. The minimum atomic E-state index is -0.772. The second-order valence-corrected chi connectivity index (χ2v) is 6.32. The molecule has 0 radical (unpaired) electrons. The number of nitrogens with one attached hydrogen (secondary N) is 1. The van der Waals surface area contributed by atoms with Crippen LogP contribution in [0.15, 0.2) is 0 Å². The van der Waals surface area contributed by atoms with E-state index in [1.807, 2.05) is 13.8 Å². The zero-order valence-corrected chi connectivity index (χ0v) is 11.6. The summed E-state index contributed by atoms with van der Waals surface area (Å²) < 4.78 is 0. The molecule has 108 valence electrons. The zero-order chi connectivity index (χ0) is 14.2. The number of nitrogens with two attached hydrogens (primary N) is 1. The second-order valence-electron chi connectivity index (χ2n) is 6.32. The molecule has 5 nitrogen and oxygen atoms in total. The van der Waals surface area contributed by atoms with E-state index in [0.717, 1.165) is 19.3 Å². The molecule has 5 atom stereocenters. The summed E-state index contributed by atoms with van der Waals surface area (Å²) in [6.07, 6.45) is 2.96. The highest BCUT2D eigenvalue weighted by atomic mass is 16.4. The summed E-state index contributed by atoms with van der Waals surface area (Å²) in [5.74, 6) is -0.745. The van der Waals surface area contributed by atoms with Gasteiger partial charge in [0.1, 0.15) is 0 Å². The average molecular weight is 268 g/mol. The van der Waals surface area contributed by atoms with Crippen LogP contribution < -0.4 is 11.1 Å². The van der Waals surface area contributed by atoms with Gasteiger partial charge in [0, 0.05) is 12.6 Å². The lowest BCUT2D eigenvalue weighted by Crippen LogP contribution is -2.50. The van der Waals surface area contributed by atoms with Crippen molar-refractivity contribution in [3.8, 4) is 0 Å². The van der Waals surface area contributed by atoms with Crippen molar-refractivity contribution in [3.63, 3.8) is 0 Å². The van der Waals surface area contributed by atoms with E-state index in [1.165, 1.54) is 0 Å². The van der Waals surface area contributed by atoms with Gasteiger partial charge in [-0.25, -0.2) is 0 Å². The molecule has 5 unspecified atom stereocenters. The third-order valence-electron chi connectivity index (χ3n) is 4.91. The van der Waals surface area contributed by atoms with E-state index in [0.29, 0.717) is 12.5 Å². The fourth-order valence-electron chi connectivity index (χ4n) is 3.81. The Hall–Kier alpha value is -1.10. The van der Waals surface area contributed by atoms with Crippen molar-refractivity contribution in [1.82, 2.24) is 5.32 Å². The predicted molar refractivity (Wildman–Crippen MR) is 71.3 cm³/mol. The molecule has 2 fully saturated rings. The van der Waals surface area contributed by atoms with E-state index < -0.39 is 11.9 Å². The standard InChI is InChI=1S/C14H24N2O3/c1-7(2)10(6-15)13(17)16-12-9-4-3-8(5-9)11(12)14(18)19/h7-12H,3-6,15H2,1-2H3,(H,16,17)(H,18,19). The number of carboxylic acids is 1. The van der Waals surface area contributed by atoms with Crippen LogP contribution in [0.5, 0.6) is 0 Å². The monoisotopic (exact) mass is 268 g/mol. The largest absolute Gasteiger partial charge is 0.481 e. The quantitative estimate of drug-likeness (QED) is 0.688. The first-order valence-electron chi connectivity index (χ1n) is 7.19. The first-order chi connectivity index (χ1) is 8.95. The van der Waals surface area contributed by atoms with Gasteiger partial charge >= 0.3 is 5.97 Å². The van der Waals surface area contributed by atoms with E-state index in [4.69, 9.17) is 5.73 Å². The number of hydrogen-bond acceptors (Lipinski definition) is 3. The van der Waals surface area contributed by atoms with Crippen molar-refractivity contribution < 1.29 is 14.7 Å². The molecule has 2 aliphatic rings. The summed E-state index contributed by atoms with van der Waals surface area (Å²) in [4.78, 5) is 23.6. The summed E-state index contributed by atoms with van der Waals surface area (Å²) >= 11 is 0. The maximum atomic E-state index is 12.2. The molecule has 0 saturated heterocycles. The molecule has 4 N–H and O–H groups in total. The third-order valence-corrected chi connectivity index (χ3v) is 4.91. The summed E-state index contributed by atoms with van der Waals surface area (Å²) in [6.45, 7) is 4.24. The third kappa shape index (κ3) is 2.61. The molecule has 2 saturated carbocycles. The first kappa shape index (κ1) is 14.3. The highest BCUT2D eigenvalue weighted by Gasteiger charge is 2.51. The van der Waals surface area contributed by atoms with Crippen molar-refractivity contribution in [1.29, 1.82) is 0 Å². The Bertz CT molecular complexity index is 370. The zero-order valence-electron chi connectivity index (χ0n) is 11.6. The van der Waals surface area contributed by atoms with Crippen LogP contribution in [0.3, 0.4) is 0 Å². The molecule has 2 aliphatic carbocycles. The average Bonchev–Trinajstić information content (AvgIpc) is 2.89. The van der Waals surface area contributed by atoms with Gasteiger partial charge in [-0.1, -0.05) is 13.8 Å². The van der Waals surface area contributed by atoms with Gasteiger partial charge in [-0.3, -0.25) is 9.59 Å². The van der Waals surface area contributed by atoms with Crippen molar-refractivity contribution in [2.45, 2.75) is 39.2 Å². The normalized spacial score (nSPS) is 34.5. The fourth-order valence-corrected chi connectivity index (χ4v) is 3.81. The van der Waals surface area contributed by atoms with Gasteiger partial charge in [0.25, 0.3) is 0 Å². The van der Waals surface area contributed by atoms with Crippen LogP contribution in [0.2, 0.25) is 0 Å². The van der Waals surface area contributed by atoms with Gasteiger partial charge in [-0.2, -0.15) is 0 Å². The topological polar surface area (TPSA) is 92.4 Å². The maximum absolute atomic E-state index is 12.2. The van der Waals surface area contributed by atoms with Crippen LogP contribution in [0.4, 0.5) is 0 Å². The molecule has 2 rings (SSSR count). The molecule has 0 aliphatic heterocycles. The first-order valence-corrected chi connectivity index (χ1v) is 7.19. The van der Waals surface area contributed by atoms with Crippen LogP contribution in [0.25, 0.3) is 0 Å². The predicted octanol–water partition coefficient (Wildman–Crippen LogP) is 0.833. The van der Waals surface area contributed by atoms with Crippen LogP contribution in [-0.4, -0.2) is 29.6 Å². The molecular weight excluding hydrogens is 244 g/mol. The van der Waals surface area contributed by atoms with Crippen LogP contribution in [-0.2, 0) is 9.59 Å². The molecule has 0 heterocycles. The van der Waals surface area contributed by atoms with Crippen molar-refractivity contribution in [3.05, 3.63) is 0 Å². The molecule has 0 aromatic rings. The Kier molecular flexibility index (Phi) is 4.13. The Morgan fingerprint density at radius 1 is 1.32 bits per heavy atom. The van der Waals surface area contributed by atoms with Gasteiger partial charge in [0.2, 0.25) is 5.91 Å². The summed E-state index contributed by atoms with van der Waals surface area (Å²) in [6, 6.07) is -0.198.